The molecule has 0 spiro atoms. The molecular formula is C11H11NO. The molecule has 0 atom stereocenters. The summed E-state index contributed by atoms with van der Waals surface area (Å²) in [5.41, 5.74) is 1.14. The minimum atomic E-state index is -0.0176. The van der Waals surface area contributed by atoms with Gasteiger partial charge in [-0.2, -0.15) is 0 Å². The second kappa shape index (κ2) is 2.77. The molecule has 0 saturated heterocycles. The number of hydrogen-bond acceptors (Lipinski definition) is 2. The molecule has 1 saturated carbocycles. The predicted octanol–water partition coefficient (Wildman–Crippen LogP) is 1.75. The van der Waals surface area contributed by atoms with Gasteiger partial charge in [0.25, 0.3) is 0 Å². The number of rotatable bonds is 2. The molecule has 1 aliphatic carbocycles. The lowest BCUT2D eigenvalue weighted by atomic mass is 9.98. The normalized spacial score (nSPS) is 17.5. The molecule has 1 aromatic rings. The molecule has 0 N–H and O–H groups in total. The number of terminal acetylenes is 1. The van der Waals surface area contributed by atoms with Crippen LogP contribution in [0.15, 0.2) is 18.3 Å². The van der Waals surface area contributed by atoms with Crippen LogP contribution in [0.5, 0.6) is 5.88 Å². The average molecular weight is 173 g/mol. The van der Waals surface area contributed by atoms with Gasteiger partial charge in [-0.3, -0.25) is 0 Å². The molecule has 2 heteroatoms. The lowest BCUT2D eigenvalue weighted by Crippen LogP contribution is -2.03. The smallest absolute Gasteiger partial charge is 0.213 e. The first-order valence-corrected chi connectivity index (χ1v) is 4.29. The molecular weight excluding hydrogens is 162 g/mol. The van der Waals surface area contributed by atoms with Gasteiger partial charge in [-0.15, -0.1) is 6.42 Å². The highest BCUT2D eigenvalue weighted by molar-refractivity contribution is 5.41. The van der Waals surface area contributed by atoms with E-state index in [1.165, 1.54) is 0 Å². The number of methoxy groups -OCH3 is 1. The van der Waals surface area contributed by atoms with Gasteiger partial charge in [0.2, 0.25) is 5.88 Å². The maximum Gasteiger partial charge on any atom is 0.213 e. The van der Waals surface area contributed by atoms with Crippen molar-refractivity contribution in [2.24, 2.45) is 0 Å². The molecule has 1 fully saturated rings. The molecule has 1 aliphatic rings. The van der Waals surface area contributed by atoms with Gasteiger partial charge in [-0.25, -0.2) is 4.98 Å². The van der Waals surface area contributed by atoms with E-state index in [0.29, 0.717) is 5.88 Å². The highest BCUT2D eigenvalue weighted by atomic mass is 16.5. The maximum atomic E-state index is 5.48. The predicted molar refractivity (Wildman–Crippen MR) is 50.5 cm³/mol. The van der Waals surface area contributed by atoms with Crippen LogP contribution in [0.2, 0.25) is 0 Å². The molecule has 2 nitrogen and oxygen atoms in total. The van der Waals surface area contributed by atoms with Crippen LogP contribution in [0.1, 0.15) is 18.4 Å². The van der Waals surface area contributed by atoms with E-state index in [1.807, 2.05) is 12.1 Å². The Balaban J connectivity index is 2.37. The standard InChI is InChI=1S/C11H11NO/c1-3-11(5-6-11)9-4-7-12-10(8-9)13-2/h1,4,7-8H,5-6H2,2H3. The van der Waals surface area contributed by atoms with E-state index in [-0.39, 0.29) is 5.41 Å². The van der Waals surface area contributed by atoms with Gasteiger partial charge in [0.1, 0.15) is 0 Å². The number of nitrogens with zero attached hydrogens (tertiary/aromatic N) is 1. The van der Waals surface area contributed by atoms with Crippen LogP contribution < -0.4 is 4.74 Å². The third-order valence-corrected chi connectivity index (χ3v) is 2.52. The van der Waals surface area contributed by atoms with E-state index in [1.54, 1.807) is 13.3 Å². The van der Waals surface area contributed by atoms with Crippen LogP contribution in [-0.4, -0.2) is 12.1 Å². The Morgan fingerprint density at radius 1 is 1.62 bits per heavy atom. The second-order valence-corrected chi connectivity index (χ2v) is 3.31. The Morgan fingerprint density at radius 3 is 2.92 bits per heavy atom. The maximum absolute atomic E-state index is 5.48. The molecule has 0 bridgehead atoms. The first-order valence-electron chi connectivity index (χ1n) is 4.29. The lowest BCUT2D eigenvalue weighted by molar-refractivity contribution is 0.397. The fourth-order valence-electron chi connectivity index (χ4n) is 1.46. The molecule has 66 valence electrons. The van der Waals surface area contributed by atoms with E-state index in [0.717, 1.165) is 18.4 Å². The number of pyridine rings is 1. The first-order chi connectivity index (χ1) is 6.30. The fraction of sp³-hybridized carbons (Fsp3) is 0.364. The molecule has 2 rings (SSSR count). The fourth-order valence-corrected chi connectivity index (χ4v) is 1.46. The summed E-state index contributed by atoms with van der Waals surface area (Å²) in [7, 11) is 1.61. The van der Waals surface area contributed by atoms with Crippen LogP contribution in [0.4, 0.5) is 0 Å². The zero-order valence-corrected chi connectivity index (χ0v) is 7.58. The summed E-state index contributed by atoms with van der Waals surface area (Å²) in [5.74, 6) is 3.47. The van der Waals surface area contributed by atoms with E-state index in [9.17, 15) is 0 Å². The van der Waals surface area contributed by atoms with Crippen molar-refractivity contribution in [2.75, 3.05) is 7.11 Å². The van der Waals surface area contributed by atoms with Gasteiger partial charge in [0, 0.05) is 12.3 Å². The van der Waals surface area contributed by atoms with Crippen molar-refractivity contribution in [2.45, 2.75) is 18.3 Å². The summed E-state index contributed by atoms with van der Waals surface area (Å²) in [6, 6.07) is 3.89. The number of ether oxygens (including phenoxy) is 1. The Morgan fingerprint density at radius 2 is 2.38 bits per heavy atom. The first kappa shape index (κ1) is 8.12. The Bertz CT molecular complexity index is 361. The largest absolute Gasteiger partial charge is 0.481 e. The molecule has 0 aliphatic heterocycles. The van der Waals surface area contributed by atoms with Crippen molar-refractivity contribution in [3.05, 3.63) is 23.9 Å². The van der Waals surface area contributed by atoms with Crippen LogP contribution >= 0.6 is 0 Å². The van der Waals surface area contributed by atoms with E-state index in [4.69, 9.17) is 11.2 Å². The summed E-state index contributed by atoms with van der Waals surface area (Å²) >= 11 is 0. The molecule has 1 heterocycles. The molecule has 13 heavy (non-hydrogen) atoms. The molecule has 0 amide bonds. The summed E-state index contributed by atoms with van der Waals surface area (Å²) in [4.78, 5) is 4.04. The minimum Gasteiger partial charge on any atom is -0.481 e. The van der Waals surface area contributed by atoms with Crippen LogP contribution in [0, 0.1) is 12.3 Å². The Labute approximate surface area is 77.9 Å². The van der Waals surface area contributed by atoms with Crippen molar-refractivity contribution in [3.8, 4) is 18.2 Å². The van der Waals surface area contributed by atoms with Crippen molar-refractivity contribution in [3.63, 3.8) is 0 Å². The molecule has 0 aromatic carbocycles. The van der Waals surface area contributed by atoms with E-state index < -0.39 is 0 Å². The third kappa shape index (κ3) is 1.27. The van der Waals surface area contributed by atoms with Crippen LogP contribution in [0.3, 0.4) is 0 Å². The minimum absolute atomic E-state index is 0.0176. The van der Waals surface area contributed by atoms with Gasteiger partial charge in [0.05, 0.1) is 12.5 Å². The summed E-state index contributed by atoms with van der Waals surface area (Å²) in [6.45, 7) is 0. The van der Waals surface area contributed by atoms with Crippen molar-refractivity contribution < 1.29 is 4.74 Å². The van der Waals surface area contributed by atoms with Gasteiger partial charge in [-0.1, -0.05) is 5.92 Å². The van der Waals surface area contributed by atoms with Crippen molar-refractivity contribution in [1.29, 1.82) is 0 Å². The number of aromatic nitrogens is 1. The molecule has 0 unspecified atom stereocenters. The topological polar surface area (TPSA) is 22.1 Å². The summed E-state index contributed by atoms with van der Waals surface area (Å²) < 4.78 is 5.04. The highest BCUT2D eigenvalue weighted by Crippen LogP contribution is 2.47. The summed E-state index contributed by atoms with van der Waals surface area (Å²) in [6.07, 6.45) is 9.38. The zero-order chi connectivity index (χ0) is 9.31. The van der Waals surface area contributed by atoms with Gasteiger partial charge < -0.3 is 4.74 Å². The third-order valence-electron chi connectivity index (χ3n) is 2.52. The Hall–Kier alpha value is -1.49. The van der Waals surface area contributed by atoms with Gasteiger partial charge in [-0.05, 0) is 24.5 Å². The van der Waals surface area contributed by atoms with Gasteiger partial charge in [0.15, 0.2) is 0 Å². The summed E-state index contributed by atoms with van der Waals surface area (Å²) in [5, 5.41) is 0. The van der Waals surface area contributed by atoms with Crippen LogP contribution in [0.25, 0.3) is 0 Å². The van der Waals surface area contributed by atoms with Crippen molar-refractivity contribution in [1.82, 2.24) is 4.98 Å². The molecule has 1 aromatic heterocycles. The van der Waals surface area contributed by atoms with Gasteiger partial charge >= 0.3 is 0 Å². The average Bonchev–Trinajstić information content (AvgIpc) is 2.99. The molecule has 0 radical (unpaired) electrons. The SMILES string of the molecule is C#CC1(c2ccnc(OC)c2)CC1. The van der Waals surface area contributed by atoms with Crippen molar-refractivity contribution >= 4 is 0 Å². The highest BCUT2D eigenvalue weighted by Gasteiger charge is 2.42. The lowest BCUT2D eigenvalue weighted by Gasteiger charge is -2.08. The van der Waals surface area contributed by atoms with Crippen LogP contribution in [-0.2, 0) is 5.41 Å². The zero-order valence-electron chi connectivity index (χ0n) is 7.58. The van der Waals surface area contributed by atoms with E-state index >= 15 is 0 Å². The monoisotopic (exact) mass is 173 g/mol. The number of hydrogen-bond donors (Lipinski definition) is 0. The quantitative estimate of drug-likeness (QED) is 0.636. The Kier molecular flexibility index (Phi) is 1.73. The second-order valence-electron chi connectivity index (χ2n) is 3.31. The van der Waals surface area contributed by atoms with E-state index in [2.05, 4.69) is 10.9 Å².